The third-order valence-electron chi connectivity index (χ3n) is 3.97. The second-order valence-electron chi connectivity index (χ2n) is 5.65. The Bertz CT molecular complexity index is 976. The van der Waals surface area contributed by atoms with Gasteiger partial charge in [0.1, 0.15) is 5.01 Å². The second-order valence-corrected chi connectivity index (χ2v) is 6.68. The van der Waals surface area contributed by atoms with Crippen molar-refractivity contribution in [1.82, 2.24) is 4.98 Å². The summed E-state index contributed by atoms with van der Waals surface area (Å²) in [6.45, 7) is 0. The van der Waals surface area contributed by atoms with E-state index in [0.29, 0.717) is 33.4 Å². The zero-order chi connectivity index (χ0) is 19.4. The lowest BCUT2D eigenvalue weighted by Crippen LogP contribution is -1.99. The van der Waals surface area contributed by atoms with Gasteiger partial charge >= 0.3 is 5.97 Å². The molecule has 0 atom stereocenters. The molecule has 0 saturated heterocycles. The molecule has 0 amide bonds. The molecule has 0 unspecified atom stereocenters. The summed E-state index contributed by atoms with van der Waals surface area (Å²) in [5.74, 6) is 0.528. The van der Waals surface area contributed by atoms with Gasteiger partial charge in [0.15, 0.2) is 11.5 Å². The van der Waals surface area contributed by atoms with E-state index >= 15 is 0 Å². The number of carboxylic acids is 1. The molecule has 6 nitrogen and oxygen atoms in total. The van der Waals surface area contributed by atoms with Gasteiger partial charge in [-0.1, -0.05) is 12.1 Å². The fraction of sp³-hybridized carbons (Fsp3) is 0.200. The molecule has 7 heteroatoms. The largest absolute Gasteiger partial charge is 0.493 e. The highest BCUT2D eigenvalue weighted by Crippen LogP contribution is 2.41. The van der Waals surface area contributed by atoms with E-state index in [2.05, 4.69) is 4.98 Å². The fourth-order valence-corrected chi connectivity index (χ4v) is 3.77. The summed E-state index contributed by atoms with van der Waals surface area (Å²) in [5, 5.41) is 10.0. The molecule has 0 aliphatic heterocycles. The predicted molar refractivity (Wildman–Crippen MR) is 106 cm³/mol. The van der Waals surface area contributed by atoms with E-state index in [1.165, 1.54) is 25.6 Å². The molecule has 1 heterocycles. The van der Waals surface area contributed by atoms with Crippen molar-refractivity contribution in [2.45, 2.75) is 6.42 Å². The Morgan fingerprint density at radius 3 is 2.44 bits per heavy atom. The first-order valence-electron chi connectivity index (χ1n) is 8.14. The van der Waals surface area contributed by atoms with E-state index in [1.807, 2.05) is 24.3 Å². The topological polar surface area (TPSA) is 77.9 Å². The Labute approximate surface area is 160 Å². The van der Waals surface area contributed by atoms with Crippen LogP contribution >= 0.6 is 11.3 Å². The van der Waals surface area contributed by atoms with Crippen LogP contribution in [0.25, 0.3) is 21.9 Å². The summed E-state index contributed by atoms with van der Waals surface area (Å²) in [7, 11) is 4.60. The van der Waals surface area contributed by atoms with E-state index in [4.69, 9.17) is 14.2 Å². The minimum absolute atomic E-state index is 0.155. The van der Waals surface area contributed by atoms with Crippen LogP contribution in [0.3, 0.4) is 0 Å². The van der Waals surface area contributed by atoms with Gasteiger partial charge in [0.05, 0.1) is 38.0 Å². The minimum atomic E-state index is -0.931. The number of rotatable bonds is 7. The Morgan fingerprint density at radius 2 is 1.81 bits per heavy atom. The number of fused-ring (bicyclic) bond motifs is 1. The van der Waals surface area contributed by atoms with Gasteiger partial charge in [-0.25, -0.2) is 4.98 Å². The second kappa shape index (κ2) is 8.09. The standard InChI is InChI=1S/C20H19NO5S/c1-24-15-9-8-12(18(25-2)19(15)26-3)10-13(11-17(22)23)20-21-14-6-4-5-7-16(14)27-20/h4-10H,11H2,1-3H3,(H,22,23)/b13-10+. The van der Waals surface area contributed by atoms with Crippen LogP contribution in [0.15, 0.2) is 36.4 Å². The van der Waals surface area contributed by atoms with Crippen LogP contribution in [-0.2, 0) is 4.79 Å². The Hall–Kier alpha value is -3.06. The third-order valence-corrected chi connectivity index (χ3v) is 5.09. The van der Waals surface area contributed by atoms with Crippen LogP contribution in [0, 0.1) is 0 Å². The molecule has 0 saturated carbocycles. The minimum Gasteiger partial charge on any atom is -0.493 e. The Kier molecular flexibility index (Phi) is 5.61. The number of aromatic nitrogens is 1. The number of nitrogens with zero attached hydrogens (tertiary/aromatic N) is 1. The van der Waals surface area contributed by atoms with Gasteiger partial charge in [0.2, 0.25) is 5.75 Å². The number of para-hydroxylation sites is 1. The highest BCUT2D eigenvalue weighted by molar-refractivity contribution is 7.19. The predicted octanol–water partition coefficient (Wildman–Crippen LogP) is 4.34. The molecule has 3 aromatic rings. The number of ether oxygens (including phenoxy) is 3. The van der Waals surface area contributed by atoms with E-state index < -0.39 is 5.97 Å². The van der Waals surface area contributed by atoms with Crippen molar-refractivity contribution < 1.29 is 24.1 Å². The maximum Gasteiger partial charge on any atom is 0.307 e. The number of carbonyl (C=O) groups is 1. The van der Waals surface area contributed by atoms with Crippen LogP contribution in [0.5, 0.6) is 17.2 Å². The maximum atomic E-state index is 11.4. The lowest BCUT2D eigenvalue weighted by Gasteiger charge is -2.14. The van der Waals surface area contributed by atoms with Crippen molar-refractivity contribution in [3.05, 3.63) is 47.0 Å². The van der Waals surface area contributed by atoms with Crippen LogP contribution in [0.2, 0.25) is 0 Å². The molecule has 3 rings (SSSR count). The molecule has 0 aliphatic rings. The van der Waals surface area contributed by atoms with Crippen molar-refractivity contribution in [2.75, 3.05) is 21.3 Å². The van der Waals surface area contributed by atoms with Gasteiger partial charge in [0, 0.05) is 5.56 Å². The fourth-order valence-electron chi connectivity index (χ4n) is 2.79. The molecular weight excluding hydrogens is 366 g/mol. The number of aliphatic carboxylic acids is 1. The van der Waals surface area contributed by atoms with Gasteiger partial charge in [0.25, 0.3) is 0 Å². The van der Waals surface area contributed by atoms with Crippen LogP contribution in [0.1, 0.15) is 17.0 Å². The number of hydrogen-bond donors (Lipinski definition) is 1. The molecule has 1 N–H and O–H groups in total. The summed E-state index contributed by atoms with van der Waals surface area (Å²) in [6, 6.07) is 11.3. The molecule has 0 spiro atoms. The summed E-state index contributed by atoms with van der Waals surface area (Å²) in [6.07, 6.45) is 1.62. The Balaban J connectivity index is 2.15. The first kappa shape index (κ1) is 18.7. The number of carboxylic acid groups (broad SMARTS) is 1. The Morgan fingerprint density at radius 1 is 1.07 bits per heavy atom. The van der Waals surface area contributed by atoms with Crippen molar-refractivity contribution in [2.24, 2.45) is 0 Å². The molecule has 0 radical (unpaired) electrons. The van der Waals surface area contributed by atoms with E-state index in [-0.39, 0.29) is 6.42 Å². The van der Waals surface area contributed by atoms with Crippen molar-refractivity contribution in [3.8, 4) is 17.2 Å². The SMILES string of the molecule is COc1ccc(/C=C(\CC(=O)O)c2nc3ccccc3s2)c(OC)c1OC. The van der Waals surface area contributed by atoms with Crippen molar-refractivity contribution in [3.63, 3.8) is 0 Å². The molecule has 140 valence electrons. The highest BCUT2D eigenvalue weighted by Gasteiger charge is 2.18. The monoisotopic (exact) mass is 385 g/mol. The maximum absolute atomic E-state index is 11.4. The van der Waals surface area contributed by atoms with Gasteiger partial charge in [-0.3, -0.25) is 4.79 Å². The quantitative estimate of drug-likeness (QED) is 0.652. The molecule has 27 heavy (non-hydrogen) atoms. The zero-order valence-corrected chi connectivity index (χ0v) is 16.0. The summed E-state index contributed by atoms with van der Waals surface area (Å²) >= 11 is 1.46. The van der Waals surface area contributed by atoms with E-state index in [1.54, 1.807) is 25.3 Å². The summed E-state index contributed by atoms with van der Waals surface area (Å²) in [5.41, 5.74) is 2.12. The average molecular weight is 385 g/mol. The zero-order valence-electron chi connectivity index (χ0n) is 15.2. The molecule has 2 aromatic carbocycles. The van der Waals surface area contributed by atoms with E-state index in [9.17, 15) is 9.90 Å². The number of benzene rings is 2. The van der Waals surface area contributed by atoms with Gasteiger partial charge in [-0.2, -0.15) is 0 Å². The average Bonchev–Trinajstić information content (AvgIpc) is 3.10. The molecule has 0 fully saturated rings. The molecule has 0 bridgehead atoms. The van der Waals surface area contributed by atoms with Gasteiger partial charge in [-0.15, -0.1) is 11.3 Å². The summed E-state index contributed by atoms with van der Waals surface area (Å²) < 4.78 is 17.2. The van der Waals surface area contributed by atoms with Crippen LogP contribution in [-0.4, -0.2) is 37.4 Å². The van der Waals surface area contributed by atoms with Gasteiger partial charge < -0.3 is 19.3 Å². The first-order valence-corrected chi connectivity index (χ1v) is 8.96. The van der Waals surface area contributed by atoms with E-state index in [0.717, 1.165) is 10.2 Å². The number of methoxy groups -OCH3 is 3. The lowest BCUT2D eigenvalue weighted by molar-refractivity contribution is -0.135. The number of thiazole rings is 1. The molecule has 0 aliphatic carbocycles. The van der Waals surface area contributed by atoms with Crippen LogP contribution < -0.4 is 14.2 Å². The molecule has 1 aromatic heterocycles. The van der Waals surface area contributed by atoms with Gasteiger partial charge in [-0.05, 0) is 35.9 Å². The highest BCUT2D eigenvalue weighted by atomic mass is 32.1. The normalized spacial score (nSPS) is 11.4. The smallest absolute Gasteiger partial charge is 0.307 e. The summed E-state index contributed by atoms with van der Waals surface area (Å²) in [4.78, 5) is 16.0. The van der Waals surface area contributed by atoms with Crippen molar-refractivity contribution >= 4 is 39.2 Å². The lowest BCUT2D eigenvalue weighted by atomic mass is 10.1. The first-order chi connectivity index (χ1) is 13.1. The third kappa shape index (κ3) is 3.88. The van der Waals surface area contributed by atoms with Crippen LogP contribution in [0.4, 0.5) is 0 Å². The van der Waals surface area contributed by atoms with Crippen molar-refractivity contribution in [1.29, 1.82) is 0 Å². The number of hydrogen-bond acceptors (Lipinski definition) is 6. The molecular formula is C20H19NO5S.